The lowest BCUT2D eigenvalue weighted by Gasteiger charge is -2.04. The molecule has 56 valence electrons. The van der Waals surface area contributed by atoms with Crippen LogP contribution in [0.25, 0.3) is 0 Å². The molecule has 1 aliphatic heterocycles. The molecule has 0 spiro atoms. The van der Waals surface area contributed by atoms with Crippen LogP contribution in [0, 0.1) is 0 Å². The van der Waals surface area contributed by atoms with E-state index in [0.29, 0.717) is 12.2 Å². The average molecular weight is 163 g/mol. The van der Waals surface area contributed by atoms with Gasteiger partial charge in [-0.3, -0.25) is 0 Å². The van der Waals surface area contributed by atoms with Crippen molar-refractivity contribution in [2.24, 2.45) is 0 Å². The van der Waals surface area contributed by atoms with Gasteiger partial charge in [-0.2, -0.15) is 0 Å². The van der Waals surface area contributed by atoms with E-state index < -0.39 is 0 Å². The third kappa shape index (κ3) is 0.903. The molecule has 0 radical (unpaired) electrons. The number of halogens is 1. The second-order valence-corrected chi connectivity index (χ2v) is 2.38. The first-order valence-electron chi connectivity index (χ1n) is 2.71. The van der Waals surface area contributed by atoms with Crippen molar-refractivity contribution < 1.29 is 9.90 Å². The quantitative estimate of drug-likeness (QED) is 0.425. The van der Waals surface area contributed by atoms with Gasteiger partial charge in [0.25, 0.3) is 0 Å². The number of rotatable bonds is 0. The summed E-state index contributed by atoms with van der Waals surface area (Å²) in [6, 6.07) is -0.318. The fourth-order valence-electron chi connectivity index (χ4n) is 0.737. The highest BCUT2D eigenvalue weighted by molar-refractivity contribution is 6.23. The van der Waals surface area contributed by atoms with Gasteiger partial charge in [0.1, 0.15) is 6.26 Å². The summed E-state index contributed by atoms with van der Waals surface area (Å²) in [4.78, 5) is 12.2. The van der Waals surface area contributed by atoms with Crippen LogP contribution in [0.5, 0.6) is 0 Å². The maximum Gasteiger partial charge on any atom is 0.339 e. The average Bonchev–Trinajstić information content (AvgIpc) is 2.17. The van der Waals surface area contributed by atoms with Gasteiger partial charge >= 0.3 is 6.03 Å². The van der Waals surface area contributed by atoms with E-state index in [1.165, 1.54) is 4.90 Å². The minimum atomic E-state index is -0.318. The van der Waals surface area contributed by atoms with Crippen LogP contribution in [0.1, 0.15) is 0 Å². The number of likely N-dealkylation sites (N-methyl/N-ethyl adjacent to an activating group) is 1. The summed E-state index contributed by atoms with van der Waals surface area (Å²) in [7, 11) is 1.61. The Morgan fingerprint density at radius 2 is 2.40 bits per heavy atom. The fraction of sp³-hybridized carbons (Fsp3) is 0.400. The standard InChI is InChI=1S/C5H7ClN2O2/c1-7-2-4(3-9)8(6)5(7)10/h3,9H,2H2,1H3/b4-3+. The number of urea groups is 1. The second kappa shape index (κ2) is 2.38. The van der Waals surface area contributed by atoms with Gasteiger partial charge in [-0.15, -0.1) is 0 Å². The predicted octanol–water partition coefficient (Wildman–Crippen LogP) is 0.907. The van der Waals surface area contributed by atoms with Gasteiger partial charge < -0.3 is 10.0 Å². The molecule has 0 atom stereocenters. The Morgan fingerprint density at radius 1 is 1.80 bits per heavy atom. The highest BCUT2D eigenvalue weighted by atomic mass is 35.5. The number of hydrogen-bond donors (Lipinski definition) is 1. The van der Waals surface area contributed by atoms with Crippen molar-refractivity contribution >= 4 is 17.8 Å². The van der Waals surface area contributed by atoms with Gasteiger partial charge in [0.15, 0.2) is 0 Å². The molecule has 0 aromatic heterocycles. The molecule has 1 rings (SSSR count). The smallest absolute Gasteiger partial charge is 0.339 e. The van der Waals surface area contributed by atoms with Gasteiger partial charge in [-0.1, -0.05) is 0 Å². The fourth-order valence-corrected chi connectivity index (χ4v) is 0.963. The summed E-state index contributed by atoms with van der Waals surface area (Å²) >= 11 is 5.44. The molecular weight excluding hydrogens is 156 g/mol. The molecule has 1 N–H and O–H groups in total. The number of nitrogens with zero attached hydrogens (tertiary/aromatic N) is 2. The van der Waals surface area contributed by atoms with E-state index in [4.69, 9.17) is 16.9 Å². The normalized spacial score (nSPS) is 23.0. The number of aliphatic hydroxyl groups excluding tert-OH is 1. The van der Waals surface area contributed by atoms with E-state index in [0.717, 1.165) is 10.7 Å². The molecule has 0 aromatic carbocycles. The lowest BCUT2D eigenvalue weighted by atomic mass is 10.5. The monoisotopic (exact) mass is 162 g/mol. The van der Waals surface area contributed by atoms with Crippen molar-refractivity contribution in [2.75, 3.05) is 13.6 Å². The minimum absolute atomic E-state index is 0.318. The van der Waals surface area contributed by atoms with Crippen LogP contribution in [0.3, 0.4) is 0 Å². The molecule has 4 nitrogen and oxygen atoms in total. The molecule has 1 aliphatic rings. The zero-order valence-corrected chi connectivity index (χ0v) is 6.17. The number of amides is 2. The molecular formula is C5H7ClN2O2. The van der Waals surface area contributed by atoms with Crippen LogP contribution in [0.4, 0.5) is 4.79 Å². The molecule has 0 saturated carbocycles. The van der Waals surface area contributed by atoms with Crippen LogP contribution >= 0.6 is 11.8 Å². The third-order valence-corrected chi connectivity index (χ3v) is 1.66. The van der Waals surface area contributed by atoms with Crippen LogP contribution in [-0.4, -0.2) is 34.0 Å². The Labute approximate surface area is 63.4 Å². The maximum absolute atomic E-state index is 10.8. The summed E-state index contributed by atoms with van der Waals surface area (Å²) in [6.07, 6.45) is 0.828. The van der Waals surface area contributed by atoms with Gasteiger partial charge in [-0.05, 0) is 0 Å². The van der Waals surface area contributed by atoms with E-state index >= 15 is 0 Å². The zero-order chi connectivity index (χ0) is 7.72. The number of carbonyl (C=O) groups is 1. The SMILES string of the molecule is CN1C/C(=C\O)N(Cl)C1=O. The van der Waals surface area contributed by atoms with Gasteiger partial charge in [-0.25, -0.2) is 9.21 Å². The van der Waals surface area contributed by atoms with Crippen molar-refractivity contribution in [3.8, 4) is 0 Å². The van der Waals surface area contributed by atoms with Crippen LogP contribution in [0.2, 0.25) is 0 Å². The van der Waals surface area contributed by atoms with Gasteiger partial charge in [0, 0.05) is 18.8 Å². The molecule has 0 unspecified atom stereocenters. The first-order chi connectivity index (χ1) is 4.66. The van der Waals surface area contributed by atoms with Crippen molar-refractivity contribution in [3.05, 3.63) is 12.0 Å². The van der Waals surface area contributed by atoms with Crippen LogP contribution in [0.15, 0.2) is 12.0 Å². The van der Waals surface area contributed by atoms with Gasteiger partial charge in [0.05, 0.1) is 12.2 Å². The van der Waals surface area contributed by atoms with Crippen molar-refractivity contribution in [1.82, 2.24) is 9.32 Å². The number of carbonyl (C=O) groups excluding carboxylic acids is 1. The largest absolute Gasteiger partial charge is 0.514 e. The molecule has 1 heterocycles. The Kier molecular flexibility index (Phi) is 1.72. The molecule has 0 bridgehead atoms. The minimum Gasteiger partial charge on any atom is -0.514 e. The van der Waals surface area contributed by atoms with E-state index in [2.05, 4.69) is 0 Å². The first-order valence-corrected chi connectivity index (χ1v) is 3.05. The van der Waals surface area contributed by atoms with Crippen LogP contribution < -0.4 is 0 Å². The number of hydrogen-bond acceptors (Lipinski definition) is 2. The molecule has 10 heavy (non-hydrogen) atoms. The van der Waals surface area contributed by atoms with E-state index in [9.17, 15) is 4.79 Å². The Bertz CT molecular complexity index is 192. The van der Waals surface area contributed by atoms with E-state index in [1.54, 1.807) is 7.05 Å². The lowest BCUT2D eigenvalue weighted by Crippen LogP contribution is -2.22. The van der Waals surface area contributed by atoms with Crippen molar-refractivity contribution in [3.63, 3.8) is 0 Å². The topological polar surface area (TPSA) is 43.8 Å². The third-order valence-electron chi connectivity index (χ3n) is 1.29. The molecule has 1 saturated heterocycles. The highest BCUT2D eigenvalue weighted by Gasteiger charge is 2.29. The Morgan fingerprint density at radius 3 is 2.60 bits per heavy atom. The zero-order valence-electron chi connectivity index (χ0n) is 5.41. The van der Waals surface area contributed by atoms with E-state index in [1.807, 2.05) is 0 Å². The Balaban J connectivity index is 2.81. The van der Waals surface area contributed by atoms with Gasteiger partial charge in [0.2, 0.25) is 0 Å². The lowest BCUT2D eigenvalue weighted by molar-refractivity contribution is 0.216. The maximum atomic E-state index is 10.8. The summed E-state index contributed by atoms with van der Waals surface area (Å²) in [5.41, 5.74) is 0.397. The molecule has 1 fully saturated rings. The second-order valence-electron chi connectivity index (χ2n) is 2.04. The summed E-state index contributed by atoms with van der Waals surface area (Å²) in [6.45, 7) is 0.360. The Hall–Kier alpha value is -0.900. The first kappa shape index (κ1) is 7.21. The molecule has 0 aromatic rings. The van der Waals surface area contributed by atoms with Crippen molar-refractivity contribution in [1.29, 1.82) is 0 Å². The predicted molar refractivity (Wildman–Crippen MR) is 36.4 cm³/mol. The number of aliphatic hydroxyl groups is 1. The summed E-state index contributed by atoms with van der Waals surface area (Å²) < 4.78 is 0.889. The highest BCUT2D eigenvalue weighted by Crippen LogP contribution is 2.18. The van der Waals surface area contributed by atoms with Crippen LogP contribution in [-0.2, 0) is 0 Å². The van der Waals surface area contributed by atoms with Crippen molar-refractivity contribution in [2.45, 2.75) is 0 Å². The molecule has 5 heteroatoms. The molecule has 2 amide bonds. The molecule has 0 aliphatic carbocycles. The summed E-state index contributed by atoms with van der Waals surface area (Å²) in [5.74, 6) is 0. The van der Waals surface area contributed by atoms with E-state index in [-0.39, 0.29) is 6.03 Å². The summed E-state index contributed by atoms with van der Waals surface area (Å²) in [5, 5.41) is 8.50.